The van der Waals surface area contributed by atoms with Crippen molar-refractivity contribution in [3.63, 3.8) is 0 Å². The molecule has 1 saturated heterocycles. The third-order valence-electron chi connectivity index (χ3n) is 5.82. The Balaban J connectivity index is 1.44. The van der Waals surface area contributed by atoms with Crippen LogP contribution in [0, 0.1) is 11.3 Å². The summed E-state index contributed by atoms with van der Waals surface area (Å²) >= 11 is 0. The predicted molar refractivity (Wildman–Crippen MR) is 93.1 cm³/mol. The molecule has 1 aromatic carbocycles. The summed E-state index contributed by atoms with van der Waals surface area (Å²) in [4.78, 5) is 25.7. The van der Waals surface area contributed by atoms with Crippen LogP contribution in [0.3, 0.4) is 0 Å². The SMILES string of the molecule is O=C(O)C1CC12CCN(C(=O)c1cccc(S(=O)(=O)NC3CC3)c1)CC2. The lowest BCUT2D eigenvalue weighted by Crippen LogP contribution is -2.40. The van der Waals surface area contributed by atoms with Crippen molar-refractivity contribution in [3.05, 3.63) is 29.8 Å². The van der Waals surface area contributed by atoms with Gasteiger partial charge in [0.15, 0.2) is 0 Å². The van der Waals surface area contributed by atoms with Gasteiger partial charge in [0.2, 0.25) is 10.0 Å². The number of carboxylic acid groups (broad SMARTS) is 1. The Morgan fingerprint density at radius 1 is 1.19 bits per heavy atom. The highest BCUT2D eigenvalue weighted by molar-refractivity contribution is 7.89. The predicted octanol–water partition coefficient (Wildman–Crippen LogP) is 1.45. The van der Waals surface area contributed by atoms with E-state index in [4.69, 9.17) is 5.11 Å². The lowest BCUT2D eigenvalue weighted by Gasteiger charge is -2.32. The molecule has 7 nitrogen and oxygen atoms in total. The summed E-state index contributed by atoms with van der Waals surface area (Å²) in [6.07, 6.45) is 3.79. The van der Waals surface area contributed by atoms with Crippen molar-refractivity contribution in [2.75, 3.05) is 13.1 Å². The Morgan fingerprint density at radius 3 is 2.46 bits per heavy atom. The molecule has 1 heterocycles. The topological polar surface area (TPSA) is 104 Å². The number of piperidine rings is 1. The maximum absolute atomic E-state index is 12.8. The first-order valence-electron chi connectivity index (χ1n) is 8.95. The highest BCUT2D eigenvalue weighted by Gasteiger charge is 2.59. The van der Waals surface area contributed by atoms with Gasteiger partial charge in [-0.15, -0.1) is 0 Å². The zero-order valence-corrected chi connectivity index (χ0v) is 15.2. The number of hydrogen-bond donors (Lipinski definition) is 2. The number of aliphatic carboxylic acids is 1. The maximum atomic E-state index is 12.8. The monoisotopic (exact) mass is 378 g/mol. The Morgan fingerprint density at radius 2 is 1.88 bits per heavy atom. The number of carboxylic acids is 1. The van der Waals surface area contributed by atoms with E-state index in [-0.39, 0.29) is 28.2 Å². The minimum absolute atomic E-state index is 0.0124. The summed E-state index contributed by atoms with van der Waals surface area (Å²) in [7, 11) is -3.60. The number of nitrogens with zero attached hydrogens (tertiary/aromatic N) is 1. The van der Waals surface area contributed by atoms with E-state index in [0.717, 1.165) is 12.8 Å². The van der Waals surface area contributed by atoms with Gasteiger partial charge in [-0.2, -0.15) is 0 Å². The molecule has 8 heteroatoms. The van der Waals surface area contributed by atoms with Gasteiger partial charge in [-0.25, -0.2) is 13.1 Å². The fourth-order valence-electron chi connectivity index (χ4n) is 3.87. The van der Waals surface area contributed by atoms with Gasteiger partial charge >= 0.3 is 5.97 Å². The van der Waals surface area contributed by atoms with Crippen molar-refractivity contribution in [2.45, 2.75) is 43.0 Å². The number of hydrogen-bond acceptors (Lipinski definition) is 4. The molecular formula is C18H22N2O5S. The van der Waals surface area contributed by atoms with Crippen molar-refractivity contribution in [1.82, 2.24) is 9.62 Å². The lowest BCUT2D eigenvalue weighted by atomic mass is 9.90. The molecule has 0 aromatic heterocycles. The van der Waals surface area contributed by atoms with E-state index >= 15 is 0 Å². The second kappa shape index (κ2) is 6.06. The summed E-state index contributed by atoms with van der Waals surface area (Å²) in [5.41, 5.74) is 0.215. The molecule has 2 saturated carbocycles. The van der Waals surface area contributed by atoms with Gasteiger partial charge in [-0.3, -0.25) is 9.59 Å². The highest BCUT2D eigenvalue weighted by atomic mass is 32.2. The van der Waals surface area contributed by atoms with Crippen LogP contribution in [0.5, 0.6) is 0 Å². The molecule has 3 fully saturated rings. The number of sulfonamides is 1. The standard InChI is InChI=1S/C18H22N2O5S/c21-16(20-8-6-18(7-9-20)11-15(18)17(22)23)12-2-1-3-14(10-12)26(24,25)19-13-4-5-13/h1-3,10,13,15,19H,4-9,11H2,(H,22,23). The molecule has 1 aromatic rings. The van der Waals surface area contributed by atoms with E-state index in [1.807, 2.05) is 0 Å². The molecule has 1 spiro atoms. The third kappa shape index (κ3) is 3.23. The molecule has 1 aliphatic heterocycles. The summed E-state index contributed by atoms with van der Waals surface area (Å²) in [6.45, 7) is 1.03. The number of amides is 1. The van der Waals surface area contributed by atoms with Crippen molar-refractivity contribution in [2.24, 2.45) is 11.3 Å². The average Bonchev–Trinajstić information content (AvgIpc) is 3.53. The number of benzene rings is 1. The van der Waals surface area contributed by atoms with Crippen LogP contribution in [0.25, 0.3) is 0 Å². The second-order valence-electron chi connectivity index (χ2n) is 7.67. The molecule has 1 amide bonds. The Bertz CT molecular complexity index is 854. The van der Waals surface area contributed by atoms with E-state index in [1.54, 1.807) is 17.0 Å². The molecule has 3 aliphatic rings. The van der Waals surface area contributed by atoms with Crippen molar-refractivity contribution in [1.29, 1.82) is 0 Å². The maximum Gasteiger partial charge on any atom is 0.307 e. The Labute approximate surface area is 152 Å². The van der Waals surface area contributed by atoms with Gasteiger partial charge in [0.1, 0.15) is 0 Å². The molecule has 26 heavy (non-hydrogen) atoms. The second-order valence-corrected chi connectivity index (χ2v) is 9.39. The highest BCUT2D eigenvalue weighted by Crippen LogP contribution is 2.59. The fraction of sp³-hybridized carbons (Fsp3) is 0.556. The zero-order valence-electron chi connectivity index (χ0n) is 14.3. The van der Waals surface area contributed by atoms with E-state index in [9.17, 15) is 18.0 Å². The summed E-state index contributed by atoms with van der Waals surface area (Å²) in [5.74, 6) is -1.22. The first kappa shape index (κ1) is 17.5. The largest absolute Gasteiger partial charge is 0.481 e. The van der Waals surface area contributed by atoms with Crippen LogP contribution in [-0.2, 0) is 14.8 Å². The number of rotatable bonds is 5. The van der Waals surface area contributed by atoms with Gasteiger partial charge in [0, 0.05) is 24.7 Å². The fourth-order valence-corrected chi connectivity index (χ4v) is 5.22. The smallest absolute Gasteiger partial charge is 0.307 e. The number of carbonyl (C=O) groups excluding carboxylic acids is 1. The van der Waals surface area contributed by atoms with Gasteiger partial charge in [0.05, 0.1) is 10.8 Å². The minimum Gasteiger partial charge on any atom is -0.481 e. The average molecular weight is 378 g/mol. The first-order valence-corrected chi connectivity index (χ1v) is 10.4. The molecule has 0 bridgehead atoms. The molecule has 1 atom stereocenters. The van der Waals surface area contributed by atoms with E-state index in [0.29, 0.717) is 37.9 Å². The summed E-state index contributed by atoms with van der Waals surface area (Å²) in [5, 5.41) is 9.15. The van der Waals surface area contributed by atoms with E-state index in [1.165, 1.54) is 12.1 Å². The summed E-state index contributed by atoms with van der Waals surface area (Å²) < 4.78 is 27.3. The van der Waals surface area contributed by atoms with Gasteiger partial charge < -0.3 is 10.0 Å². The molecule has 0 radical (unpaired) electrons. The van der Waals surface area contributed by atoms with Crippen molar-refractivity contribution >= 4 is 21.9 Å². The van der Waals surface area contributed by atoms with Crippen molar-refractivity contribution < 1.29 is 23.1 Å². The van der Waals surface area contributed by atoms with Gasteiger partial charge in [0.25, 0.3) is 5.91 Å². The molecular weight excluding hydrogens is 356 g/mol. The molecule has 2 aliphatic carbocycles. The van der Waals surface area contributed by atoms with Crippen LogP contribution in [0.15, 0.2) is 29.2 Å². The Kier molecular flexibility index (Phi) is 4.07. The van der Waals surface area contributed by atoms with E-state index in [2.05, 4.69) is 4.72 Å². The van der Waals surface area contributed by atoms with Crippen molar-refractivity contribution in [3.8, 4) is 0 Å². The molecule has 2 N–H and O–H groups in total. The Hall–Kier alpha value is -1.93. The minimum atomic E-state index is -3.60. The van der Waals surface area contributed by atoms with Gasteiger partial charge in [-0.05, 0) is 55.7 Å². The third-order valence-corrected chi connectivity index (χ3v) is 7.34. The normalized spacial score (nSPS) is 24.5. The zero-order chi connectivity index (χ0) is 18.5. The quantitative estimate of drug-likeness (QED) is 0.807. The first-order chi connectivity index (χ1) is 12.3. The van der Waals surface area contributed by atoms with Crippen LogP contribution < -0.4 is 4.72 Å². The summed E-state index contributed by atoms with van der Waals surface area (Å²) in [6, 6.07) is 6.14. The molecule has 4 rings (SSSR count). The van der Waals surface area contributed by atoms with Crippen LogP contribution in [0.4, 0.5) is 0 Å². The number of nitrogens with one attached hydrogen (secondary N) is 1. The van der Waals surface area contributed by atoms with Crippen LogP contribution in [0.2, 0.25) is 0 Å². The number of likely N-dealkylation sites (tertiary alicyclic amines) is 1. The number of carbonyl (C=O) groups is 2. The van der Waals surface area contributed by atoms with Crippen LogP contribution in [0.1, 0.15) is 42.5 Å². The van der Waals surface area contributed by atoms with Gasteiger partial charge in [-0.1, -0.05) is 6.07 Å². The molecule has 1 unspecified atom stereocenters. The molecule has 140 valence electrons. The van der Waals surface area contributed by atoms with Crippen LogP contribution >= 0.6 is 0 Å². The van der Waals surface area contributed by atoms with E-state index < -0.39 is 16.0 Å². The van der Waals surface area contributed by atoms with Crippen LogP contribution in [-0.4, -0.2) is 49.4 Å². The lowest BCUT2D eigenvalue weighted by molar-refractivity contribution is -0.139.